The first-order valence-corrected chi connectivity index (χ1v) is 12.2. The average molecular weight is 399 g/mol. The van der Waals surface area contributed by atoms with Gasteiger partial charge in [0.1, 0.15) is 9.86 Å². The number of carbonyl (C=O) groups excluding carboxylic acids is 1. The van der Waals surface area contributed by atoms with E-state index in [1.807, 2.05) is 56.0 Å². The summed E-state index contributed by atoms with van der Waals surface area (Å²) in [4.78, 5) is 15.5. The molecule has 0 N–H and O–H groups in total. The zero-order chi connectivity index (χ0) is 16.5. The maximum Gasteiger partial charge on any atom is 0.148 e. The summed E-state index contributed by atoms with van der Waals surface area (Å²) in [6, 6.07) is 8.75. The van der Waals surface area contributed by atoms with Crippen molar-refractivity contribution in [3.05, 3.63) is 44.8 Å². The summed E-state index contributed by atoms with van der Waals surface area (Å²) >= 11 is 5.65. The molecule has 23 heavy (non-hydrogen) atoms. The van der Waals surface area contributed by atoms with Crippen molar-refractivity contribution < 1.29 is 4.79 Å². The predicted molar refractivity (Wildman–Crippen MR) is 107 cm³/mol. The van der Waals surface area contributed by atoms with Crippen LogP contribution in [0, 0.1) is 10.8 Å². The van der Waals surface area contributed by atoms with Crippen LogP contribution in [0.2, 0.25) is 0 Å². The predicted octanol–water partition coefficient (Wildman–Crippen LogP) is 6.47. The van der Waals surface area contributed by atoms with Gasteiger partial charge in [-0.2, -0.15) is 0 Å². The molecule has 0 unspecified atom stereocenters. The molecule has 2 fully saturated rings. The highest BCUT2D eigenvalue weighted by molar-refractivity contribution is 8.83. The van der Waals surface area contributed by atoms with E-state index < -0.39 is 0 Å². The number of rotatable bonds is 2. The molecule has 2 aromatic rings. The molecule has 1 saturated heterocycles. The zero-order valence-electron chi connectivity index (χ0n) is 13.4. The molecule has 0 bridgehead atoms. The van der Waals surface area contributed by atoms with Crippen molar-refractivity contribution in [1.82, 2.24) is 0 Å². The van der Waals surface area contributed by atoms with Crippen LogP contribution in [0.1, 0.15) is 37.4 Å². The summed E-state index contributed by atoms with van der Waals surface area (Å²) in [6.45, 7) is 8.50. The SMILES string of the molecule is CC1(C)C(=O)C(C)(C)C12SSC(c1cccs1)(c1cccs1)S2. The molecule has 1 spiro atoms. The molecule has 2 aromatic heterocycles. The Hall–Kier alpha value is 0.120. The van der Waals surface area contributed by atoms with E-state index in [0.29, 0.717) is 5.78 Å². The van der Waals surface area contributed by atoms with Crippen LogP contribution < -0.4 is 0 Å². The second kappa shape index (κ2) is 5.07. The van der Waals surface area contributed by atoms with E-state index in [0.717, 1.165) is 0 Å². The fourth-order valence-electron chi connectivity index (χ4n) is 3.85. The van der Waals surface area contributed by atoms with Gasteiger partial charge in [0, 0.05) is 20.6 Å². The summed E-state index contributed by atoms with van der Waals surface area (Å²) < 4.78 is -0.183. The molecular weight excluding hydrogens is 381 g/mol. The molecule has 6 heteroatoms. The Morgan fingerprint density at radius 1 is 0.826 bits per heavy atom. The summed E-state index contributed by atoms with van der Waals surface area (Å²) in [7, 11) is 3.87. The third-order valence-corrected chi connectivity index (χ3v) is 15.0. The van der Waals surface area contributed by atoms with Crippen LogP contribution in [0.5, 0.6) is 0 Å². The monoisotopic (exact) mass is 398 g/mol. The summed E-state index contributed by atoms with van der Waals surface area (Å²) in [5.41, 5.74) is -0.593. The molecule has 0 aromatic carbocycles. The molecule has 1 nitrogen and oxygen atoms in total. The maximum absolute atomic E-state index is 12.7. The molecular formula is C17H18OS5. The summed E-state index contributed by atoms with van der Waals surface area (Å²) in [6.07, 6.45) is 0. The van der Waals surface area contributed by atoms with E-state index in [1.165, 1.54) is 9.75 Å². The highest BCUT2D eigenvalue weighted by atomic mass is 33.1. The summed E-state index contributed by atoms with van der Waals surface area (Å²) in [5, 5.41) is 4.31. The highest BCUT2D eigenvalue weighted by Gasteiger charge is 2.78. The first-order valence-electron chi connectivity index (χ1n) is 7.48. The van der Waals surface area contributed by atoms with Gasteiger partial charge in [0.15, 0.2) is 0 Å². The Morgan fingerprint density at radius 3 is 1.78 bits per heavy atom. The molecule has 4 rings (SSSR count). The Balaban J connectivity index is 1.86. The van der Waals surface area contributed by atoms with Crippen molar-refractivity contribution in [1.29, 1.82) is 0 Å². The number of carbonyl (C=O) groups is 1. The Labute approximate surface area is 157 Å². The normalized spacial score (nSPS) is 26.3. The minimum atomic E-state index is -0.297. The Bertz CT molecular complexity index is 690. The first-order chi connectivity index (χ1) is 10.8. The maximum atomic E-state index is 12.7. The molecule has 0 amide bonds. The lowest BCUT2D eigenvalue weighted by molar-refractivity contribution is -0.152. The van der Waals surface area contributed by atoms with Gasteiger partial charge in [-0.25, -0.2) is 0 Å². The molecule has 1 aliphatic heterocycles. The molecule has 0 radical (unpaired) electrons. The van der Waals surface area contributed by atoms with Crippen molar-refractivity contribution in [2.24, 2.45) is 10.8 Å². The topological polar surface area (TPSA) is 17.1 Å². The number of hydrogen-bond acceptors (Lipinski definition) is 6. The van der Waals surface area contributed by atoms with Gasteiger partial charge in [0.2, 0.25) is 0 Å². The molecule has 122 valence electrons. The largest absolute Gasteiger partial charge is 0.298 e. The third-order valence-electron chi connectivity index (χ3n) is 5.04. The van der Waals surface area contributed by atoms with Crippen LogP contribution in [0.3, 0.4) is 0 Å². The second-order valence-corrected chi connectivity index (χ2v) is 13.4. The van der Waals surface area contributed by atoms with Crippen LogP contribution in [0.15, 0.2) is 35.0 Å². The standard InChI is InChI=1S/C17H18OS5/c1-14(2)13(18)15(3,4)17(14)21-16(22-23-17,11-7-5-9-19-11)12-8-6-10-20-12/h5-10H,1-4H3. The zero-order valence-corrected chi connectivity index (χ0v) is 17.5. The quantitative estimate of drug-likeness (QED) is 0.539. The lowest BCUT2D eigenvalue weighted by Crippen LogP contribution is -2.70. The van der Waals surface area contributed by atoms with Gasteiger partial charge < -0.3 is 0 Å². The first kappa shape index (κ1) is 16.6. The van der Waals surface area contributed by atoms with Crippen LogP contribution >= 0.6 is 56.0 Å². The van der Waals surface area contributed by atoms with E-state index in [1.54, 1.807) is 0 Å². The number of thiophene rings is 2. The van der Waals surface area contributed by atoms with Crippen LogP contribution in [0.25, 0.3) is 0 Å². The molecule has 1 saturated carbocycles. The van der Waals surface area contributed by atoms with Crippen molar-refractivity contribution in [2.45, 2.75) is 35.9 Å². The van der Waals surface area contributed by atoms with Crippen LogP contribution in [0.4, 0.5) is 0 Å². The molecule has 2 aliphatic rings. The summed E-state index contributed by atoms with van der Waals surface area (Å²) in [5.74, 6) is 0.388. The molecule has 0 atom stereocenters. The van der Waals surface area contributed by atoms with Crippen molar-refractivity contribution in [3.63, 3.8) is 0 Å². The smallest absolute Gasteiger partial charge is 0.148 e. The van der Waals surface area contributed by atoms with Gasteiger partial charge in [0.05, 0.1) is 4.08 Å². The third kappa shape index (κ3) is 1.87. The fraction of sp³-hybridized carbons (Fsp3) is 0.471. The lowest BCUT2D eigenvalue weighted by atomic mass is 9.53. The number of Topliss-reactive ketones (excluding diaryl/α,β-unsaturated/α-hetero) is 1. The van der Waals surface area contributed by atoms with Gasteiger partial charge in [-0.1, -0.05) is 61.4 Å². The van der Waals surface area contributed by atoms with E-state index in [2.05, 4.69) is 62.7 Å². The Morgan fingerprint density at radius 2 is 1.35 bits per heavy atom. The van der Waals surface area contributed by atoms with Crippen molar-refractivity contribution in [3.8, 4) is 0 Å². The fourth-order valence-corrected chi connectivity index (χ4v) is 14.2. The van der Waals surface area contributed by atoms with Gasteiger partial charge in [-0.05, 0) is 22.9 Å². The molecule has 3 heterocycles. The number of ketones is 1. The van der Waals surface area contributed by atoms with Gasteiger partial charge in [-0.15, -0.1) is 34.4 Å². The van der Waals surface area contributed by atoms with E-state index in [4.69, 9.17) is 0 Å². The molecule has 1 aliphatic carbocycles. The van der Waals surface area contributed by atoms with E-state index in [9.17, 15) is 4.79 Å². The second-order valence-electron chi connectivity index (χ2n) is 7.04. The average Bonchev–Trinajstić information content (AvgIpc) is 3.23. The van der Waals surface area contributed by atoms with E-state index in [-0.39, 0.29) is 19.0 Å². The van der Waals surface area contributed by atoms with E-state index >= 15 is 0 Å². The van der Waals surface area contributed by atoms with Gasteiger partial charge in [-0.3, -0.25) is 4.79 Å². The van der Waals surface area contributed by atoms with Gasteiger partial charge >= 0.3 is 0 Å². The van der Waals surface area contributed by atoms with Crippen LogP contribution in [-0.4, -0.2) is 9.86 Å². The number of hydrogen-bond donors (Lipinski definition) is 0. The minimum absolute atomic E-state index is 0.0876. The Kier molecular flexibility index (Phi) is 3.65. The van der Waals surface area contributed by atoms with Crippen molar-refractivity contribution >= 4 is 61.8 Å². The highest BCUT2D eigenvalue weighted by Crippen LogP contribution is 2.84. The number of thioether (sulfide) groups is 1. The minimum Gasteiger partial charge on any atom is -0.298 e. The lowest BCUT2D eigenvalue weighted by Gasteiger charge is -2.62. The van der Waals surface area contributed by atoms with Crippen LogP contribution in [-0.2, 0) is 8.87 Å². The van der Waals surface area contributed by atoms with Crippen molar-refractivity contribution in [2.75, 3.05) is 0 Å². The van der Waals surface area contributed by atoms with Gasteiger partial charge in [0.25, 0.3) is 0 Å².